The number of hydrogen-bond donors (Lipinski definition) is 2. The van der Waals surface area contributed by atoms with Crippen molar-refractivity contribution in [3.05, 3.63) is 72.3 Å². The van der Waals surface area contributed by atoms with E-state index in [-0.39, 0.29) is 16.1 Å². The van der Waals surface area contributed by atoms with E-state index < -0.39 is 15.9 Å². The van der Waals surface area contributed by atoms with Crippen molar-refractivity contribution in [2.75, 3.05) is 31.4 Å². The number of carbonyl (C=O) groups is 1. The molecule has 0 radical (unpaired) electrons. The molecule has 0 bridgehead atoms. The summed E-state index contributed by atoms with van der Waals surface area (Å²) in [5.74, 6) is 1.15. The summed E-state index contributed by atoms with van der Waals surface area (Å²) < 4.78 is 43.2. The van der Waals surface area contributed by atoms with E-state index in [1.807, 2.05) is 0 Å². The molecule has 0 heterocycles. The van der Waals surface area contributed by atoms with Gasteiger partial charge in [-0.15, -0.1) is 0 Å². The third kappa shape index (κ3) is 5.26. The highest BCUT2D eigenvalue weighted by Crippen LogP contribution is 2.30. The van der Waals surface area contributed by atoms with Crippen LogP contribution in [0.2, 0.25) is 0 Å². The maximum absolute atomic E-state index is 12.7. The zero-order valence-corrected chi connectivity index (χ0v) is 18.0. The summed E-state index contributed by atoms with van der Waals surface area (Å²) in [4.78, 5) is 12.7. The Morgan fingerprint density at radius 1 is 0.774 bits per heavy atom. The van der Waals surface area contributed by atoms with Gasteiger partial charge in [-0.2, -0.15) is 0 Å². The van der Waals surface area contributed by atoms with Crippen molar-refractivity contribution in [1.29, 1.82) is 0 Å². The van der Waals surface area contributed by atoms with E-state index in [0.717, 1.165) is 0 Å². The van der Waals surface area contributed by atoms with Crippen molar-refractivity contribution in [2.45, 2.75) is 4.90 Å². The van der Waals surface area contributed by atoms with Crippen molar-refractivity contribution in [3.8, 4) is 17.2 Å². The van der Waals surface area contributed by atoms with Crippen LogP contribution in [0, 0.1) is 0 Å². The molecule has 0 saturated heterocycles. The zero-order chi connectivity index (χ0) is 22.4. The maximum atomic E-state index is 12.7. The van der Waals surface area contributed by atoms with Crippen LogP contribution < -0.4 is 24.2 Å². The Kier molecular flexibility index (Phi) is 6.66. The number of sulfonamides is 1. The average Bonchev–Trinajstić information content (AvgIpc) is 2.78. The molecule has 0 aliphatic rings. The first-order chi connectivity index (χ1) is 14.9. The zero-order valence-electron chi connectivity index (χ0n) is 17.2. The topological polar surface area (TPSA) is 103 Å². The van der Waals surface area contributed by atoms with Gasteiger partial charge in [-0.3, -0.25) is 9.52 Å². The third-order valence-electron chi connectivity index (χ3n) is 4.39. The minimum Gasteiger partial charge on any atom is -0.497 e. The minimum atomic E-state index is -3.82. The van der Waals surface area contributed by atoms with Crippen LogP contribution in [0.3, 0.4) is 0 Å². The first kappa shape index (κ1) is 22.0. The fraction of sp³-hybridized carbons (Fsp3) is 0.136. The van der Waals surface area contributed by atoms with Crippen LogP contribution in [-0.2, 0) is 10.0 Å². The number of ether oxygens (including phenoxy) is 3. The molecule has 3 aromatic carbocycles. The first-order valence-corrected chi connectivity index (χ1v) is 10.6. The molecule has 31 heavy (non-hydrogen) atoms. The fourth-order valence-corrected chi connectivity index (χ4v) is 3.86. The lowest BCUT2D eigenvalue weighted by Gasteiger charge is -2.12. The predicted molar refractivity (Wildman–Crippen MR) is 118 cm³/mol. The number of amides is 1. The summed E-state index contributed by atoms with van der Waals surface area (Å²) in [6, 6.07) is 17.2. The molecule has 2 N–H and O–H groups in total. The van der Waals surface area contributed by atoms with Gasteiger partial charge in [0.1, 0.15) is 5.75 Å². The molecule has 0 spiro atoms. The Morgan fingerprint density at radius 3 is 2.13 bits per heavy atom. The standard InChI is InChI=1S/C22H22N2O6S/c1-28-18-8-10-19(11-9-18)31(26,27)24-17-6-4-5-15(13-17)22(25)23-16-7-12-20(29-2)21(14-16)30-3/h4-14,24H,1-3H3,(H,23,25). The Morgan fingerprint density at radius 2 is 1.48 bits per heavy atom. The lowest BCUT2D eigenvalue weighted by atomic mass is 10.2. The molecule has 162 valence electrons. The third-order valence-corrected chi connectivity index (χ3v) is 5.79. The van der Waals surface area contributed by atoms with E-state index in [4.69, 9.17) is 14.2 Å². The normalized spacial score (nSPS) is 10.8. The second-order valence-corrected chi connectivity index (χ2v) is 8.07. The second-order valence-electron chi connectivity index (χ2n) is 6.39. The van der Waals surface area contributed by atoms with Crippen LogP contribution in [-0.4, -0.2) is 35.7 Å². The van der Waals surface area contributed by atoms with Gasteiger partial charge in [0.25, 0.3) is 15.9 Å². The molecule has 0 saturated carbocycles. The summed E-state index contributed by atoms with van der Waals surface area (Å²) >= 11 is 0. The van der Waals surface area contributed by atoms with Gasteiger partial charge in [-0.1, -0.05) is 6.07 Å². The van der Waals surface area contributed by atoms with Crippen LogP contribution in [0.1, 0.15) is 10.4 Å². The Bertz CT molecular complexity index is 1180. The summed E-state index contributed by atoms with van der Waals surface area (Å²) in [5, 5.41) is 2.75. The van der Waals surface area contributed by atoms with Crippen LogP contribution in [0.5, 0.6) is 17.2 Å². The fourth-order valence-electron chi connectivity index (χ4n) is 2.81. The van der Waals surface area contributed by atoms with Crippen LogP contribution in [0.4, 0.5) is 11.4 Å². The van der Waals surface area contributed by atoms with Gasteiger partial charge < -0.3 is 19.5 Å². The molecule has 0 aromatic heterocycles. The van der Waals surface area contributed by atoms with Crippen molar-refractivity contribution < 1.29 is 27.4 Å². The molecule has 9 heteroatoms. The van der Waals surface area contributed by atoms with Crippen LogP contribution >= 0.6 is 0 Å². The van der Waals surface area contributed by atoms with Gasteiger partial charge in [0.15, 0.2) is 11.5 Å². The van der Waals surface area contributed by atoms with Gasteiger partial charge in [-0.05, 0) is 54.6 Å². The van der Waals surface area contributed by atoms with Gasteiger partial charge in [0.2, 0.25) is 0 Å². The lowest BCUT2D eigenvalue weighted by Crippen LogP contribution is -2.15. The molecule has 3 rings (SSSR count). The van der Waals surface area contributed by atoms with Gasteiger partial charge in [0.05, 0.1) is 26.2 Å². The molecule has 0 unspecified atom stereocenters. The molecule has 0 aliphatic carbocycles. The predicted octanol–water partition coefficient (Wildman–Crippen LogP) is 3.77. The van der Waals surface area contributed by atoms with Crippen molar-refractivity contribution in [1.82, 2.24) is 0 Å². The lowest BCUT2D eigenvalue weighted by molar-refractivity contribution is 0.102. The summed E-state index contributed by atoms with van der Waals surface area (Å²) in [6.07, 6.45) is 0. The second kappa shape index (κ2) is 9.40. The number of rotatable bonds is 8. The molecule has 8 nitrogen and oxygen atoms in total. The van der Waals surface area contributed by atoms with E-state index in [9.17, 15) is 13.2 Å². The summed E-state index contributed by atoms with van der Waals surface area (Å²) in [7, 11) is 0.701. The van der Waals surface area contributed by atoms with Gasteiger partial charge in [-0.25, -0.2) is 8.42 Å². The molecule has 0 fully saturated rings. The highest BCUT2D eigenvalue weighted by molar-refractivity contribution is 7.92. The highest BCUT2D eigenvalue weighted by Gasteiger charge is 2.16. The smallest absolute Gasteiger partial charge is 0.261 e. The highest BCUT2D eigenvalue weighted by atomic mass is 32.2. The minimum absolute atomic E-state index is 0.0773. The number of anilines is 2. The van der Waals surface area contributed by atoms with Crippen LogP contribution in [0.25, 0.3) is 0 Å². The van der Waals surface area contributed by atoms with E-state index >= 15 is 0 Å². The quantitative estimate of drug-likeness (QED) is 0.551. The Balaban J connectivity index is 1.77. The number of hydrogen-bond acceptors (Lipinski definition) is 6. The monoisotopic (exact) mass is 442 g/mol. The van der Waals surface area contributed by atoms with Crippen molar-refractivity contribution >= 4 is 27.3 Å². The molecule has 0 aliphatic heterocycles. The van der Waals surface area contributed by atoms with E-state index in [1.54, 1.807) is 48.5 Å². The average molecular weight is 442 g/mol. The Labute approximate surface area is 180 Å². The number of methoxy groups -OCH3 is 3. The van der Waals surface area contributed by atoms with E-state index in [0.29, 0.717) is 22.9 Å². The molecule has 0 atom stereocenters. The first-order valence-electron chi connectivity index (χ1n) is 9.16. The maximum Gasteiger partial charge on any atom is 0.261 e. The summed E-state index contributed by atoms with van der Waals surface area (Å²) in [5.41, 5.74) is 1.05. The molecular formula is C22H22N2O6S. The molecular weight excluding hydrogens is 420 g/mol. The van der Waals surface area contributed by atoms with E-state index in [1.165, 1.54) is 39.5 Å². The molecule has 1 amide bonds. The van der Waals surface area contributed by atoms with Crippen molar-refractivity contribution in [2.24, 2.45) is 0 Å². The van der Waals surface area contributed by atoms with Gasteiger partial charge >= 0.3 is 0 Å². The van der Waals surface area contributed by atoms with Crippen LogP contribution in [0.15, 0.2) is 71.6 Å². The number of carbonyl (C=O) groups excluding carboxylic acids is 1. The number of nitrogens with one attached hydrogen (secondary N) is 2. The molecule has 3 aromatic rings. The van der Waals surface area contributed by atoms with Crippen molar-refractivity contribution in [3.63, 3.8) is 0 Å². The van der Waals surface area contributed by atoms with E-state index in [2.05, 4.69) is 10.0 Å². The Hall–Kier alpha value is -3.72. The largest absolute Gasteiger partial charge is 0.497 e. The van der Waals surface area contributed by atoms with Gasteiger partial charge in [0, 0.05) is 23.0 Å². The summed E-state index contributed by atoms with van der Waals surface area (Å²) in [6.45, 7) is 0. The SMILES string of the molecule is COc1ccc(S(=O)(=O)Nc2cccc(C(=O)Nc3ccc(OC)c(OC)c3)c2)cc1. The number of benzene rings is 3.